The lowest BCUT2D eigenvalue weighted by Crippen LogP contribution is -2.18. The second kappa shape index (κ2) is 5.26. The Hall–Kier alpha value is -3.10. The molecule has 0 saturated heterocycles. The molecule has 0 spiro atoms. The highest BCUT2D eigenvalue weighted by molar-refractivity contribution is 6.01. The Bertz CT molecular complexity index is 704. The zero-order valence-electron chi connectivity index (χ0n) is 10.5. The highest BCUT2D eigenvalue weighted by Gasteiger charge is 2.15. The molecule has 3 rings (SSSR count). The molecule has 0 saturated carbocycles. The minimum Gasteiger partial charge on any atom is -0.397 e. The van der Waals surface area contributed by atoms with Crippen molar-refractivity contribution in [1.82, 2.24) is 34.5 Å². The van der Waals surface area contributed by atoms with E-state index in [0.717, 1.165) is 0 Å². The lowest BCUT2D eigenvalue weighted by Gasteiger charge is -2.09. The summed E-state index contributed by atoms with van der Waals surface area (Å²) in [5.74, 6) is 1.01. The van der Waals surface area contributed by atoms with Crippen molar-refractivity contribution in [2.75, 3.05) is 7.11 Å². The second-order valence-electron chi connectivity index (χ2n) is 3.65. The summed E-state index contributed by atoms with van der Waals surface area (Å²) >= 11 is 0. The van der Waals surface area contributed by atoms with Gasteiger partial charge in [-0.2, -0.15) is 14.9 Å². The van der Waals surface area contributed by atoms with Gasteiger partial charge < -0.3 is 4.84 Å². The van der Waals surface area contributed by atoms with Crippen LogP contribution in [-0.2, 0) is 4.84 Å². The molecule has 0 fully saturated rings. The maximum absolute atomic E-state index is 4.88. The third-order valence-electron chi connectivity index (χ3n) is 2.48. The van der Waals surface area contributed by atoms with Crippen molar-refractivity contribution in [3.05, 3.63) is 49.2 Å². The van der Waals surface area contributed by atoms with Gasteiger partial charge in [0.2, 0.25) is 5.84 Å². The Balaban J connectivity index is 2.16. The standard InChI is InChI=1S/C11H10N8O/c1-20-17-11(19-8-13-6-16-19)9-3-2-4-14-10(9)18-7-12-5-15-18/h2-8H,1H3/b17-11-. The van der Waals surface area contributed by atoms with Crippen LogP contribution in [0.1, 0.15) is 5.56 Å². The van der Waals surface area contributed by atoms with E-state index in [4.69, 9.17) is 4.84 Å². The third kappa shape index (κ3) is 2.11. The molecule has 0 aromatic carbocycles. The first-order valence-electron chi connectivity index (χ1n) is 5.66. The number of pyridine rings is 1. The Morgan fingerprint density at radius 2 is 2.05 bits per heavy atom. The van der Waals surface area contributed by atoms with Crippen LogP contribution in [-0.4, -0.2) is 47.5 Å². The molecule has 0 aliphatic rings. The molecule has 0 N–H and O–H groups in total. The van der Waals surface area contributed by atoms with Crippen LogP contribution < -0.4 is 0 Å². The maximum Gasteiger partial charge on any atom is 0.205 e. The minimum absolute atomic E-state index is 0.448. The van der Waals surface area contributed by atoms with Gasteiger partial charge in [-0.05, 0) is 12.1 Å². The van der Waals surface area contributed by atoms with Gasteiger partial charge >= 0.3 is 0 Å². The molecule has 0 atom stereocenters. The summed E-state index contributed by atoms with van der Waals surface area (Å²) in [6.07, 6.45) is 7.58. The van der Waals surface area contributed by atoms with Gasteiger partial charge in [0.05, 0.1) is 5.56 Å². The van der Waals surface area contributed by atoms with E-state index in [0.29, 0.717) is 17.2 Å². The van der Waals surface area contributed by atoms with Crippen LogP contribution in [0, 0.1) is 0 Å². The highest BCUT2D eigenvalue weighted by atomic mass is 16.6. The summed E-state index contributed by atoms with van der Waals surface area (Å²) < 4.78 is 3.03. The number of hydrogen-bond donors (Lipinski definition) is 0. The van der Waals surface area contributed by atoms with Crippen molar-refractivity contribution in [2.24, 2.45) is 5.16 Å². The summed E-state index contributed by atoms with van der Waals surface area (Å²) in [7, 11) is 1.46. The van der Waals surface area contributed by atoms with Gasteiger partial charge in [-0.1, -0.05) is 5.16 Å². The molecule has 9 nitrogen and oxygen atoms in total. The van der Waals surface area contributed by atoms with Crippen LogP contribution in [0.25, 0.3) is 5.82 Å². The van der Waals surface area contributed by atoms with Crippen LogP contribution in [0.4, 0.5) is 0 Å². The molecule has 0 radical (unpaired) electrons. The molecule has 3 heterocycles. The van der Waals surface area contributed by atoms with E-state index in [1.165, 1.54) is 35.5 Å². The monoisotopic (exact) mass is 270 g/mol. The summed E-state index contributed by atoms with van der Waals surface area (Å²) in [4.78, 5) is 17.0. The van der Waals surface area contributed by atoms with Crippen LogP contribution in [0.2, 0.25) is 0 Å². The highest BCUT2D eigenvalue weighted by Crippen LogP contribution is 2.12. The minimum atomic E-state index is 0.448. The molecule has 9 heteroatoms. The Kier molecular flexibility index (Phi) is 3.15. The first-order chi connectivity index (χ1) is 9.90. The van der Waals surface area contributed by atoms with E-state index in [9.17, 15) is 0 Å². The maximum atomic E-state index is 4.88. The predicted molar refractivity (Wildman–Crippen MR) is 68.1 cm³/mol. The van der Waals surface area contributed by atoms with Crippen molar-refractivity contribution in [3.8, 4) is 5.82 Å². The summed E-state index contributed by atoms with van der Waals surface area (Å²) in [5.41, 5.74) is 0.686. The molecule has 0 bridgehead atoms. The van der Waals surface area contributed by atoms with Crippen LogP contribution >= 0.6 is 0 Å². The fourth-order valence-electron chi connectivity index (χ4n) is 1.69. The van der Waals surface area contributed by atoms with Crippen molar-refractivity contribution in [1.29, 1.82) is 0 Å². The van der Waals surface area contributed by atoms with E-state index in [1.807, 2.05) is 6.07 Å². The molecule has 100 valence electrons. The van der Waals surface area contributed by atoms with Gasteiger partial charge in [0.25, 0.3) is 0 Å². The molecule has 0 unspecified atom stereocenters. The van der Waals surface area contributed by atoms with E-state index in [1.54, 1.807) is 18.6 Å². The summed E-state index contributed by atoms with van der Waals surface area (Å²) in [6.45, 7) is 0. The van der Waals surface area contributed by atoms with Crippen molar-refractivity contribution in [3.63, 3.8) is 0 Å². The number of rotatable bonds is 3. The van der Waals surface area contributed by atoms with Gasteiger partial charge in [0.1, 0.15) is 32.4 Å². The summed E-state index contributed by atoms with van der Waals surface area (Å²) in [6, 6.07) is 3.63. The largest absolute Gasteiger partial charge is 0.397 e. The third-order valence-corrected chi connectivity index (χ3v) is 2.48. The lowest BCUT2D eigenvalue weighted by atomic mass is 10.2. The van der Waals surface area contributed by atoms with E-state index in [-0.39, 0.29) is 0 Å². The van der Waals surface area contributed by atoms with Crippen molar-refractivity contribution >= 4 is 5.84 Å². The Morgan fingerprint density at radius 1 is 1.20 bits per heavy atom. The average Bonchev–Trinajstić information content (AvgIpc) is 3.18. The SMILES string of the molecule is CO/N=C(/c1cccnc1-n1cncn1)n1cncn1. The fraction of sp³-hybridized carbons (Fsp3) is 0.0909. The molecule has 0 aliphatic heterocycles. The van der Waals surface area contributed by atoms with Crippen molar-refractivity contribution in [2.45, 2.75) is 0 Å². The van der Waals surface area contributed by atoms with Crippen LogP contribution in [0.15, 0.2) is 48.8 Å². The van der Waals surface area contributed by atoms with E-state index >= 15 is 0 Å². The van der Waals surface area contributed by atoms with Crippen LogP contribution in [0.3, 0.4) is 0 Å². The van der Waals surface area contributed by atoms with E-state index in [2.05, 4.69) is 30.3 Å². The number of aromatic nitrogens is 7. The van der Waals surface area contributed by atoms with Gasteiger partial charge in [-0.15, -0.1) is 0 Å². The Labute approximate surface area is 113 Å². The van der Waals surface area contributed by atoms with Gasteiger partial charge in [-0.3, -0.25) is 0 Å². The van der Waals surface area contributed by atoms with E-state index < -0.39 is 0 Å². The fourth-order valence-corrected chi connectivity index (χ4v) is 1.69. The molecule has 3 aromatic heterocycles. The van der Waals surface area contributed by atoms with Gasteiger partial charge in [0, 0.05) is 6.20 Å². The smallest absolute Gasteiger partial charge is 0.205 e. The molecule has 0 aliphatic carbocycles. The number of nitrogens with zero attached hydrogens (tertiary/aromatic N) is 8. The van der Waals surface area contributed by atoms with Gasteiger partial charge in [0.15, 0.2) is 5.82 Å². The quantitative estimate of drug-likeness (QED) is 0.381. The molecular weight excluding hydrogens is 260 g/mol. The molecule has 3 aromatic rings. The zero-order chi connectivity index (χ0) is 13.8. The topological polar surface area (TPSA) is 95.9 Å². The van der Waals surface area contributed by atoms with Gasteiger partial charge in [-0.25, -0.2) is 19.6 Å². The zero-order valence-corrected chi connectivity index (χ0v) is 10.5. The first-order valence-corrected chi connectivity index (χ1v) is 5.66. The lowest BCUT2D eigenvalue weighted by molar-refractivity contribution is 0.212. The second-order valence-corrected chi connectivity index (χ2v) is 3.65. The summed E-state index contributed by atoms with van der Waals surface area (Å²) in [5, 5.41) is 12.1. The Morgan fingerprint density at radius 3 is 2.75 bits per heavy atom. The van der Waals surface area contributed by atoms with Crippen LogP contribution in [0.5, 0.6) is 0 Å². The number of oxime groups is 1. The molecule has 0 amide bonds. The first kappa shape index (κ1) is 12.0. The average molecular weight is 270 g/mol. The predicted octanol–water partition coefficient (Wildman–Crippen LogP) is 0.110. The normalized spacial score (nSPS) is 11.6. The molecule has 20 heavy (non-hydrogen) atoms. The number of hydrogen-bond acceptors (Lipinski definition) is 7. The molecular formula is C11H10N8O. The van der Waals surface area contributed by atoms with Crippen molar-refractivity contribution < 1.29 is 4.84 Å².